The standard InChI is InChI=1S/C11H12INO2/c1-7-10(6-14)13-11(15-7)8-4-2-3-5-9(8)12/h2-5,7,10,14H,6H2,1H3/t7-,10-/m1/s1. The largest absolute Gasteiger partial charge is 0.472 e. The second-order valence-electron chi connectivity index (χ2n) is 3.49. The van der Waals surface area contributed by atoms with E-state index >= 15 is 0 Å². The number of ether oxygens (including phenoxy) is 1. The Balaban J connectivity index is 2.30. The van der Waals surface area contributed by atoms with Crippen molar-refractivity contribution in [3.05, 3.63) is 33.4 Å². The van der Waals surface area contributed by atoms with Gasteiger partial charge in [0.25, 0.3) is 0 Å². The average molecular weight is 317 g/mol. The van der Waals surface area contributed by atoms with E-state index in [-0.39, 0.29) is 18.8 Å². The predicted molar refractivity (Wildman–Crippen MR) is 67.1 cm³/mol. The van der Waals surface area contributed by atoms with Crippen LogP contribution in [-0.2, 0) is 4.74 Å². The van der Waals surface area contributed by atoms with E-state index in [1.807, 2.05) is 31.2 Å². The van der Waals surface area contributed by atoms with Crippen LogP contribution in [0.3, 0.4) is 0 Å². The summed E-state index contributed by atoms with van der Waals surface area (Å²) >= 11 is 2.25. The van der Waals surface area contributed by atoms with E-state index in [9.17, 15) is 0 Å². The summed E-state index contributed by atoms with van der Waals surface area (Å²) in [7, 11) is 0. The molecule has 1 aliphatic heterocycles. The van der Waals surface area contributed by atoms with Crippen LogP contribution < -0.4 is 0 Å². The van der Waals surface area contributed by atoms with Crippen LogP contribution in [0, 0.1) is 3.57 Å². The summed E-state index contributed by atoms with van der Waals surface area (Å²) in [6.45, 7) is 1.96. The highest BCUT2D eigenvalue weighted by Gasteiger charge is 2.27. The smallest absolute Gasteiger partial charge is 0.218 e. The average Bonchev–Trinajstić information content (AvgIpc) is 2.60. The topological polar surface area (TPSA) is 41.8 Å². The van der Waals surface area contributed by atoms with Gasteiger partial charge in [-0.2, -0.15) is 0 Å². The molecule has 4 heteroatoms. The highest BCUT2D eigenvalue weighted by Crippen LogP contribution is 2.21. The Bertz CT molecular complexity index is 392. The molecule has 2 rings (SSSR count). The number of aliphatic hydroxyl groups excluding tert-OH is 1. The van der Waals surface area contributed by atoms with Crippen LogP contribution >= 0.6 is 22.6 Å². The van der Waals surface area contributed by atoms with Crippen LogP contribution in [0.1, 0.15) is 12.5 Å². The van der Waals surface area contributed by atoms with Crippen molar-refractivity contribution in [1.82, 2.24) is 0 Å². The minimum Gasteiger partial charge on any atom is -0.472 e. The summed E-state index contributed by atoms with van der Waals surface area (Å²) in [5, 5.41) is 9.08. The van der Waals surface area contributed by atoms with Crippen LogP contribution in [0.25, 0.3) is 0 Å². The third kappa shape index (κ3) is 2.15. The van der Waals surface area contributed by atoms with E-state index in [1.54, 1.807) is 0 Å². The van der Waals surface area contributed by atoms with Crippen LogP contribution in [0.2, 0.25) is 0 Å². The molecule has 0 saturated carbocycles. The van der Waals surface area contributed by atoms with E-state index < -0.39 is 0 Å². The molecule has 0 unspecified atom stereocenters. The quantitative estimate of drug-likeness (QED) is 0.846. The maximum atomic E-state index is 9.08. The first-order valence-corrected chi connectivity index (χ1v) is 5.90. The number of nitrogens with zero attached hydrogens (tertiary/aromatic N) is 1. The lowest BCUT2D eigenvalue weighted by atomic mass is 10.2. The lowest BCUT2D eigenvalue weighted by Gasteiger charge is -2.09. The predicted octanol–water partition coefficient (Wildman–Crippen LogP) is 1.82. The molecule has 1 aromatic carbocycles. The fraction of sp³-hybridized carbons (Fsp3) is 0.364. The molecule has 0 fully saturated rings. The number of aliphatic imine (C=N–C) groups is 1. The summed E-state index contributed by atoms with van der Waals surface area (Å²) in [6, 6.07) is 7.80. The summed E-state index contributed by atoms with van der Waals surface area (Å²) in [6.07, 6.45) is -0.0407. The van der Waals surface area contributed by atoms with Gasteiger partial charge in [-0.05, 0) is 41.6 Å². The second-order valence-corrected chi connectivity index (χ2v) is 4.65. The number of aliphatic hydroxyl groups is 1. The second kappa shape index (κ2) is 4.49. The van der Waals surface area contributed by atoms with Crippen molar-refractivity contribution < 1.29 is 9.84 Å². The minimum absolute atomic E-state index is 0.0358. The first kappa shape index (κ1) is 10.9. The molecule has 1 heterocycles. The van der Waals surface area contributed by atoms with E-state index in [0.717, 1.165) is 9.13 Å². The van der Waals surface area contributed by atoms with E-state index in [2.05, 4.69) is 27.6 Å². The molecule has 0 saturated heterocycles. The van der Waals surface area contributed by atoms with Gasteiger partial charge in [0.1, 0.15) is 12.1 Å². The van der Waals surface area contributed by atoms with Gasteiger partial charge in [-0.15, -0.1) is 0 Å². The number of benzene rings is 1. The van der Waals surface area contributed by atoms with E-state index in [0.29, 0.717) is 5.90 Å². The Morgan fingerprint density at radius 1 is 1.47 bits per heavy atom. The highest BCUT2D eigenvalue weighted by atomic mass is 127. The molecule has 0 amide bonds. The molecular formula is C11H12INO2. The number of hydrogen-bond donors (Lipinski definition) is 1. The molecule has 0 bridgehead atoms. The minimum atomic E-state index is -0.129. The summed E-state index contributed by atoms with van der Waals surface area (Å²) in [5.41, 5.74) is 1.00. The molecule has 0 aliphatic carbocycles. The van der Waals surface area contributed by atoms with Crippen LogP contribution in [0.5, 0.6) is 0 Å². The molecule has 3 nitrogen and oxygen atoms in total. The third-order valence-corrected chi connectivity index (χ3v) is 3.35. The monoisotopic (exact) mass is 317 g/mol. The first-order chi connectivity index (χ1) is 7.22. The van der Waals surface area contributed by atoms with Crippen molar-refractivity contribution in [3.63, 3.8) is 0 Å². The molecule has 2 atom stereocenters. The van der Waals surface area contributed by atoms with Crippen molar-refractivity contribution >= 4 is 28.5 Å². The Kier molecular flexibility index (Phi) is 3.25. The van der Waals surface area contributed by atoms with Crippen molar-refractivity contribution in [2.45, 2.75) is 19.1 Å². The first-order valence-electron chi connectivity index (χ1n) is 4.82. The van der Waals surface area contributed by atoms with Crippen molar-refractivity contribution in [3.8, 4) is 0 Å². The molecule has 15 heavy (non-hydrogen) atoms. The number of hydrogen-bond acceptors (Lipinski definition) is 3. The van der Waals surface area contributed by atoms with Crippen molar-refractivity contribution in [1.29, 1.82) is 0 Å². The van der Waals surface area contributed by atoms with Gasteiger partial charge in [0, 0.05) is 9.13 Å². The summed E-state index contributed by atoms with van der Waals surface area (Å²) in [5.74, 6) is 0.645. The number of rotatable bonds is 2. The molecule has 1 N–H and O–H groups in total. The number of halogens is 1. The van der Waals surface area contributed by atoms with Crippen LogP contribution in [0.4, 0.5) is 0 Å². The van der Waals surface area contributed by atoms with Gasteiger partial charge in [-0.3, -0.25) is 0 Å². The highest BCUT2D eigenvalue weighted by molar-refractivity contribution is 14.1. The van der Waals surface area contributed by atoms with Gasteiger partial charge in [0.2, 0.25) is 5.90 Å². The fourth-order valence-electron chi connectivity index (χ4n) is 1.50. The lowest BCUT2D eigenvalue weighted by molar-refractivity contribution is 0.164. The zero-order valence-electron chi connectivity index (χ0n) is 8.35. The zero-order chi connectivity index (χ0) is 10.8. The third-order valence-electron chi connectivity index (χ3n) is 2.41. The maximum Gasteiger partial charge on any atom is 0.218 e. The Morgan fingerprint density at radius 3 is 2.80 bits per heavy atom. The van der Waals surface area contributed by atoms with Gasteiger partial charge in [-0.1, -0.05) is 12.1 Å². The SMILES string of the molecule is C[C@H]1OC(c2ccccc2I)=N[C@@H]1CO. The molecular weight excluding hydrogens is 305 g/mol. The van der Waals surface area contributed by atoms with E-state index in [1.165, 1.54) is 0 Å². The Hall–Kier alpha value is -0.620. The molecule has 0 aromatic heterocycles. The molecule has 1 aliphatic rings. The normalized spacial score (nSPS) is 24.9. The van der Waals surface area contributed by atoms with E-state index in [4.69, 9.17) is 9.84 Å². The van der Waals surface area contributed by atoms with Gasteiger partial charge < -0.3 is 9.84 Å². The van der Waals surface area contributed by atoms with Gasteiger partial charge >= 0.3 is 0 Å². The van der Waals surface area contributed by atoms with Crippen molar-refractivity contribution in [2.75, 3.05) is 6.61 Å². The van der Waals surface area contributed by atoms with Gasteiger partial charge in [-0.25, -0.2) is 4.99 Å². The summed E-state index contributed by atoms with van der Waals surface area (Å²) in [4.78, 5) is 4.36. The maximum absolute atomic E-state index is 9.08. The van der Waals surface area contributed by atoms with Gasteiger partial charge in [0.05, 0.1) is 6.61 Å². The van der Waals surface area contributed by atoms with Crippen LogP contribution in [0.15, 0.2) is 29.3 Å². The molecule has 1 aromatic rings. The van der Waals surface area contributed by atoms with Crippen LogP contribution in [-0.4, -0.2) is 29.8 Å². The lowest BCUT2D eigenvalue weighted by Crippen LogP contribution is -2.21. The zero-order valence-corrected chi connectivity index (χ0v) is 10.5. The summed E-state index contributed by atoms with van der Waals surface area (Å²) < 4.78 is 6.73. The van der Waals surface area contributed by atoms with Gasteiger partial charge in [0.15, 0.2) is 0 Å². The Morgan fingerprint density at radius 2 is 2.20 bits per heavy atom. The molecule has 80 valence electrons. The molecule has 0 spiro atoms. The fourth-order valence-corrected chi connectivity index (χ4v) is 2.12. The molecule has 0 radical (unpaired) electrons. The van der Waals surface area contributed by atoms with Crippen molar-refractivity contribution in [2.24, 2.45) is 4.99 Å². The Labute approximate surface area is 102 Å².